The molecular weight excluding hydrogens is 380 g/mol. The van der Waals surface area contributed by atoms with E-state index in [2.05, 4.69) is 27.4 Å². The molecule has 2 N–H and O–H groups in total. The van der Waals surface area contributed by atoms with Crippen LogP contribution in [0.15, 0.2) is 36.5 Å². The molecule has 1 saturated heterocycles. The maximum atomic E-state index is 11.9. The number of aromatic nitrogens is 2. The largest absolute Gasteiger partial charge is 0.444 e. The van der Waals surface area contributed by atoms with Gasteiger partial charge in [0.15, 0.2) is 0 Å². The van der Waals surface area contributed by atoms with Crippen molar-refractivity contribution in [3.05, 3.63) is 53.3 Å². The summed E-state index contributed by atoms with van der Waals surface area (Å²) >= 11 is 0. The molecule has 3 rings (SSSR count). The van der Waals surface area contributed by atoms with Gasteiger partial charge >= 0.3 is 6.09 Å². The number of aliphatic hydroxyl groups excluding tert-OH is 1. The fourth-order valence-electron chi connectivity index (χ4n) is 3.99. The minimum absolute atomic E-state index is 0.0264. The summed E-state index contributed by atoms with van der Waals surface area (Å²) in [6, 6.07) is 10.2. The lowest BCUT2D eigenvalue weighted by atomic mass is 10.0. The highest BCUT2D eigenvalue weighted by Gasteiger charge is 2.33. The first-order valence-corrected chi connectivity index (χ1v) is 10.7. The van der Waals surface area contributed by atoms with Gasteiger partial charge in [0.2, 0.25) is 0 Å². The number of nitrogens with zero attached hydrogens (tertiary/aromatic N) is 3. The Balaban J connectivity index is 1.57. The van der Waals surface area contributed by atoms with E-state index in [1.807, 2.05) is 56.8 Å². The van der Waals surface area contributed by atoms with Crippen molar-refractivity contribution in [2.75, 3.05) is 19.6 Å². The molecule has 1 aliphatic heterocycles. The van der Waals surface area contributed by atoms with Crippen LogP contribution in [0.5, 0.6) is 0 Å². The molecule has 0 radical (unpaired) electrons. The molecule has 1 amide bonds. The second-order valence-corrected chi connectivity index (χ2v) is 8.97. The number of rotatable bonds is 7. The summed E-state index contributed by atoms with van der Waals surface area (Å²) in [5.41, 5.74) is 2.41. The number of carbonyl (C=O) groups excluding carboxylic acids is 1. The van der Waals surface area contributed by atoms with Gasteiger partial charge in [0.1, 0.15) is 5.60 Å². The molecule has 1 aliphatic rings. The Morgan fingerprint density at radius 1 is 1.33 bits per heavy atom. The van der Waals surface area contributed by atoms with E-state index in [1.54, 1.807) is 0 Å². The molecule has 30 heavy (non-hydrogen) atoms. The van der Waals surface area contributed by atoms with E-state index in [0.29, 0.717) is 19.6 Å². The summed E-state index contributed by atoms with van der Waals surface area (Å²) in [5.74, 6) is 0. The Morgan fingerprint density at radius 3 is 2.77 bits per heavy atom. The zero-order chi connectivity index (χ0) is 21.7. The number of ether oxygens (including phenoxy) is 1. The maximum Gasteiger partial charge on any atom is 0.407 e. The Labute approximate surface area is 179 Å². The van der Waals surface area contributed by atoms with Crippen LogP contribution in [0.2, 0.25) is 0 Å². The second-order valence-electron chi connectivity index (χ2n) is 8.97. The lowest BCUT2D eigenvalue weighted by molar-refractivity contribution is 0.0499. The quantitative estimate of drug-likeness (QED) is 0.727. The van der Waals surface area contributed by atoms with Crippen LogP contribution >= 0.6 is 0 Å². The van der Waals surface area contributed by atoms with Gasteiger partial charge in [-0.3, -0.25) is 9.58 Å². The molecule has 7 nitrogen and oxygen atoms in total. The highest BCUT2D eigenvalue weighted by Crippen LogP contribution is 2.30. The second kappa shape index (κ2) is 9.62. The van der Waals surface area contributed by atoms with E-state index in [-0.39, 0.29) is 6.04 Å². The van der Waals surface area contributed by atoms with Gasteiger partial charge in [0, 0.05) is 30.9 Å². The Bertz CT molecular complexity index is 829. The summed E-state index contributed by atoms with van der Waals surface area (Å²) in [6.45, 7) is 10.3. The van der Waals surface area contributed by atoms with Crippen molar-refractivity contribution in [1.29, 1.82) is 0 Å². The fraction of sp³-hybridized carbons (Fsp3) is 0.565. The molecule has 2 unspecified atom stereocenters. The van der Waals surface area contributed by atoms with Crippen molar-refractivity contribution in [2.45, 2.75) is 64.8 Å². The molecule has 1 aromatic heterocycles. The third kappa shape index (κ3) is 6.06. The third-order valence-electron chi connectivity index (χ3n) is 5.34. The van der Waals surface area contributed by atoms with Gasteiger partial charge in [0.05, 0.1) is 18.3 Å². The highest BCUT2D eigenvalue weighted by atomic mass is 16.6. The first-order valence-electron chi connectivity index (χ1n) is 10.7. The first kappa shape index (κ1) is 22.3. The average Bonchev–Trinajstić information content (AvgIpc) is 3.27. The number of likely N-dealkylation sites (tertiary alicyclic amines) is 1. The van der Waals surface area contributed by atoms with Crippen molar-refractivity contribution < 1.29 is 14.6 Å². The number of benzene rings is 1. The Morgan fingerprint density at radius 2 is 2.07 bits per heavy atom. The number of alkyl carbamates (subject to hydrolysis) is 1. The summed E-state index contributed by atoms with van der Waals surface area (Å²) < 4.78 is 7.18. The summed E-state index contributed by atoms with van der Waals surface area (Å²) in [5, 5.41) is 18.5. The fourth-order valence-corrected chi connectivity index (χ4v) is 3.99. The topological polar surface area (TPSA) is 79.6 Å². The van der Waals surface area contributed by atoms with Crippen molar-refractivity contribution in [3.8, 4) is 0 Å². The van der Waals surface area contributed by atoms with Crippen LogP contribution in [0.4, 0.5) is 4.79 Å². The minimum Gasteiger partial charge on any atom is -0.444 e. The number of hydrogen-bond acceptors (Lipinski definition) is 5. The average molecular weight is 415 g/mol. The Kier molecular flexibility index (Phi) is 7.15. The van der Waals surface area contributed by atoms with Crippen LogP contribution in [0, 0.1) is 6.92 Å². The molecular formula is C23H34N4O3. The van der Waals surface area contributed by atoms with Gasteiger partial charge in [-0.15, -0.1) is 0 Å². The smallest absolute Gasteiger partial charge is 0.407 e. The normalized spacial score (nSPS) is 18.4. The number of hydrogen-bond donors (Lipinski definition) is 2. The Hall–Kier alpha value is -2.38. The van der Waals surface area contributed by atoms with Crippen LogP contribution in [-0.4, -0.2) is 57.2 Å². The minimum atomic E-state index is -0.599. The van der Waals surface area contributed by atoms with Crippen molar-refractivity contribution >= 4 is 6.09 Å². The van der Waals surface area contributed by atoms with Crippen molar-refractivity contribution in [2.24, 2.45) is 0 Å². The molecule has 2 heterocycles. The van der Waals surface area contributed by atoms with E-state index in [0.717, 1.165) is 30.6 Å². The van der Waals surface area contributed by atoms with Crippen LogP contribution in [0.3, 0.4) is 0 Å². The van der Waals surface area contributed by atoms with Crippen molar-refractivity contribution in [1.82, 2.24) is 20.0 Å². The van der Waals surface area contributed by atoms with Gasteiger partial charge in [-0.05, 0) is 52.6 Å². The van der Waals surface area contributed by atoms with Crippen LogP contribution in [-0.2, 0) is 11.3 Å². The van der Waals surface area contributed by atoms with Crippen LogP contribution in [0.25, 0.3) is 0 Å². The molecule has 7 heteroatoms. The predicted octanol–water partition coefficient (Wildman–Crippen LogP) is 3.26. The van der Waals surface area contributed by atoms with Crippen molar-refractivity contribution in [3.63, 3.8) is 0 Å². The molecule has 0 saturated carbocycles. The number of aryl methyl sites for hydroxylation is 1. The molecule has 0 bridgehead atoms. The van der Waals surface area contributed by atoms with Gasteiger partial charge < -0.3 is 15.2 Å². The van der Waals surface area contributed by atoms with Crippen LogP contribution < -0.4 is 5.32 Å². The molecule has 0 aliphatic carbocycles. The molecule has 164 valence electrons. The first-order chi connectivity index (χ1) is 14.2. The monoisotopic (exact) mass is 414 g/mol. The summed E-state index contributed by atoms with van der Waals surface area (Å²) in [4.78, 5) is 14.1. The van der Waals surface area contributed by atoms with E-state index < -0.39 is 17.8 Å². The molecule has 0 spiro atoms. The number of aliphatic hydroxyl groups is 1. The highest BCUT2D eigenvalue weighted by molar-refractivity contribution is 5.67. The SMILES string of the molecule is Cc1nn(Cc2ccccc2)cc1C(O)C1CCCN1CCNC(=O)OC(C)(C)C. The van der Waals surface area contributed by atoms with Gasteiger partial charge in [-0.1, -0.05) is 30.3 Å². The number of carbonyl (C=O) groups is 1. The van der Waals surface area contributed by atoms with E-state index >= 15 is 0 Å². The number of nitrogens with one attached hydrogen (secondary N) is 1. The van der Waals surface area contributed by atoms with E-state index in [9.17, 15) is 9.90 Å². The lowest BCUT2D eigenvalue weighted by Crippen LogP contribution is -2.41. The van der Waals surface area contributed by atoms with Crippen LogP contribution in [0.1, 0.15) is 56.5 Å². The maximum absolute atomic E-state index is 11.9. The summed E-state index contributed by atoms with van der Waals surface area (Å²) in [6.07, 6.45) is 2.92. The predicted molar refractivity (Wildman–Crippen MR) is 116 cm³/mol. The van der Waals surface area contributed by atoms with Gasteiger partial charge in [-0.25, -0.2) is 4.79 Å². The van der Waals surface area contributed by atoms with E-state index in [1.165, 1.54) is 5.56 Å². The molecule has 1 aromatic carbocycles. The molecule has 2 aromatic rings. The standard InChI is InChI=1S/C23H34N4O3/c1-17-19(16-27(25-17)15-18-9-6-5-7-10-18)21(28)20-11-8-13-26(20)14-12-24-22(29)30-23(2,3)4/h5-7,9-10,16,20-21,28H,8,11-15H2,1-4H3,(H,24,29). The third-order valence-corrected chi connectivity index (χ3v) is 5.34. The van der Waals surface area contributed by atoms with Gasteiger partial charge in [0.25, 0.3) is 0 Å². The molecule has 1 fully saturated rings. The number of amides is 1. The zero-order valence-electron chi connectivity index (χ0n) is 18.5. The van der Waals surface area contributed by atoms with E-state index in [4.69, 9.17) is 4.74 Å². The zero-order valence-corrected chi connectivity index (χ0v) is 18.5. The molecule has 2 atom stereocenters. The van der Waals surface area contributed by atoms with Gasteiger partial charge in [-0.2, -0.15) is 5.10 Å². The summed E-state index contributed by atoms with van der Waals surface area (Å²) in [7, 11) is 0. The lowest BCUT2D eigenvalue weighted by Gasteiger charge is -2.28.